The van der Waals surface area contributed by atoms with Crippen LogP contribution in [0.4, 0.5) is 11.4 Å². The molecular formula is C18H18ClN3O3. The van der Waals surface area contributed by atoms with Crippen LogP contribution in [-0.4, -0.2) is 41.4 Å². The van der Waals surface area contributed by atoms with Crippen LogP contribution in [0, 0.1) is 10.1 Å². The van der Waals surface area contributed by atoms with E-state index in [0.717, 1.165) is 5.69 Å². The molecule has 0 spiro atoms. The number of amides is 1. The van der Waals surface area contributed by atoms with Gasteiger partial charge in [0.25, 0.3) is 11.6 Å². The van der Waals surface area contributed by atoms with E-state index in [4.69, 9.17) is 11.6 Å². The zero-order valence-electron chi connectivity index (χ0n) is 13.8. The Morgan fingerprint density at radius 2 is 1.92 bits per heavy atom. The lowest BCUT2D eigenvalue weighted by Gasteiger charge is -2.41. The number of halogens is 1. The number of rotatable bonds is 3. The number of piperazine rings is 1. The van der Waals surface area contributed by atoms with Gasteiger partial charge in [0.05, 0.1) is 15.6 Å². The molecule has 0 saturated carbocycles. The van der Waals surface area contributed by atoms with E-state index in [-0.39, 0.29) is 17.6 Å². The van der Waals surface area contributed by atoms with Crippen LogP contribution in [0.2, 0.25) is 5.02 Å². The van der Waals surface area contributed by atoms with Gasteiger partial charge in [0, 0.05) is 43.4 Å². The third-order valence-corrected chi connectivity index (χ3v) is 4.69. The summed E-state index contributed by atoms with van der Waals surface area (Å²) in [5.74, 6) is 0.0162. The number of carbonyl (C=O) groups is 1. The van der Waals surface area contributed by atoms with Crippen LogP contribution in [0.15, 0.2) is 48.5 Å². The van der Waals surface area contributed by atoms with E-state index in [0.29, 0.717) is 30.2 Å². The fourth-order valence-electron chi connectivity index (χ4n) is 3.09. The Labute approximate surface area is 150 Å². The van der Waals surface area contributed by atoms with Crippen molar-refractivity contribution in [2.45, 2.75) is 13.0 Å². The second-order valence-corrected chi connectivity index (χ2v) is 6.46. The molecule has 2 aromatic rings. The lowest BCUT2D eigenvalue weighted by atomic mass is 10.1. The van der Waals surface area contributed by atoms with E-state index in [2.05, 4.69) is 4.90 Å². The van der Waals surface area contributed by atoms with Crippen molar-refractivity contribution in [2.75, 3.05) is 24.5 Å². The van der Waals surface area contributed by atoms with Crippen molar-refractivity contribution in [3.05, 3.63) is 69.2 Å². The maximum Gasteiger partial charge on any atom is 0.271 e. The number of non-ortho nitro benzene ring substituents is 1. The average Bonchev–Trinajstić information content (AvgIpc) is 2.61. The third-order valence-electron chi connectivity index (χ3n) is 4.39. The Morgan fingerprint density at radius 1 is 1.20 bits per heavy atom. The Bertz CT molecular complexity index is 797. The van der Waals surface area contributed by atoms with Gasteiger partial charge >= 0.3 is 0 Å². The van der Waals surface area contributed by atoms with Gasteiger partial charge in [-0.2, -0.15) is 0 Å². The van der Waals surface area contributed by atoms with Crippen molar-refractivity contribution in [3.63, 3.8) is 0 Å². The van der Waals surface area contributed by atoms with Gasteiger partial charge in [-0.3, -0.25) is 14.9 Å². The Hall–Kier alpha value is -2.60. The molecule has 1 atom stereocenters. The summed E-state index contributed by atoms with van der Waals surface area (Å²) in [6, 6.07) is 13.7. The second-order valence-electron chi connectivity index (χ2n) is 6.05. The smallest absolute Gasteiger partial charge is 0.271 e. The molecule has 6 nitrogen and oxygen atoms in total. The Balaban J connectivity index is 1.74. The molecule has 1 amide bonds. The summed E-state index contributed by atoms with van der Waals surface area (Å²) in [6.45, 7) is 3.81. The topological polar surface area (TPSA) is 66.7 Å². The maximum absolute atomic E-state index is 12.6. The van der Waals surface area contributed by atoms with Gasteiger partial charge in [-0.25, -0.2) is 0 Å². The molecule has 7 heteroatoms. The molecule has 0 radical (unpaired) electrons. The summed E-state index contributed by atoms with van der Waals surface area (Å²) in [5.41, 5.74) is 1.40. The number of carbonyl (C=O) groups excluding carboxylic acids is 1. The van der Waals surface area contributed by atoms with Gasteiger partial charge in [0.2, 0.25) is 0 Å². The van der Waals surface area contributed by atoms with Crippen LogP contribution < -0.4 is 4.90 Å². The normalized spacial score (nSPS) is 17.4. The van der Waals surface area contributed by atoms with Gasteiger partial charge in [0.1, 0.15) is 0 Å². The van der Waals surface area contributed by atoms with Crippen LogP contribution in [0.3, 0.4) is 0 Å². The van der Waals surface area contributed by atoms with E-state index in [1.807, 2.05) is 42.2 Å². The summed E-state index contributed by atoms with van der Waals surface area (Å²) in [5, 5.41) is 11.2. The summed E-state index contributed by atoms with van der Waals surface area (Å²) >= 11 is 6.22. The minimum absolute atomic E-state index is 0.00714. The van der Waals surface area contributed by atoms with Gasteiger partial charge in [-0.1, -0.05) is 29.8 Å². The Kier molecular flexibility index (Phi) is 4.90. The molecule has 130 valence electrons. The number of benzene rings is 2. The molecule has 1 heterocycles. The van der Waals surface area contributed by atoms with Gasteiger partial charge in [-0.05, 0) is 25.1 Å². The minimum atomic E-state index is -0.464. The molecule has 1 fully saturated rings. The van der Waals surface area contributed by atoms with Gasteiger partial charge < -0.3 is 9.80 Å². The zero-order chi connectivity index (χ0) is 18.0. The van der Waals surface area contributed by atoms with Gasteiger partial charge in [0.15, 0.2) is 0 Å². The van der Waals surface area contributed by atoms with Gasteiger partial charge in [-0.15, -0.1) is 0 Å². The number of anilines is 1. The lowest BCUT2D eigenvalue weighted by molar-refractivity contribution is -0.384. The predicted octanol–water partition coefficient (Wildman–Crippen LogP) is 3.60. The molecule has 25 heavy (non-hydrogen) atoms. The highest BCUT2D eigenvalue weighted by Crippen LogP contribution is 2.31. The van der Waals surface area contributed by atoms with E-state index >= 15 is 0 Å². The molecule has 0 N–H and O–H groups in total. The fraction of sp³-hybridized carbons (Fsp3) is 0.278. The summed E-state index contributed by atoms with van der Waals surface area (Å²) < 4.78 is 0. The van der Waals surface area contributed by atoms with E-state index in [1.165, 1.54) is 12.1 Å². The second kappa shape index (κ2) is 7.11. The quantitative estimate of drug-likeness (QED) is 0.620. The molecule has 1 saturated heterocycles. The van der Waals surface area contributed by atoms with E-state index in [1.54, 1.807) is 6.07 Å². The van der Waals surface area contributed by atoms with Crippen molar-refractivity contribution < 1.29 is 9.72 Å². The van der Waals surface area contributed by atoms with E-state index < -0.39 is 4.92 Å². The molecular weight excluding hydrogens is 342 g/mol. The first-order chi connectivity index (χ1) is 12.0. The van der Waals surface area contributed by atoms with Crippen molar-refractivity contribution in [1.29, 1.82) is 0 Å². The number of nitro groups is 1. The molecule has 1 aliphatic rings. The van der Waals surface area contributed by atoms with Crippen LogP contribution in [-0.2, 0) is 0 Å². The molecule has 3 rings (SSSR count). The van der Waals surface area contributed by atoms with Crippen LogP contribution >= 0.6 is 11.6 Å². The third kappa shape index (κ3) is 3.58. The first-order valence-electron chi connectivity index (χ1n) is 8.02. The monoisotopic (exact) mass is 359 g/mol. The number of hydrogen-bond acceptors (Lipinski definition) is 4. The largest absolute Gasteiger partial charge is 0.366 e. The highest BCUT2D eigenvalue weighted by atomic mass is 35.5. The van der Waals surface area contributed by atoms with Crippen molar-refractivity contribution in [3.8, 4) is 0 Å². The number of nitro benzene ring substituents is 1. The van der Waals surface area contributed by atoms with Crippen molar-refractivity contribution in [1.82, 2.24) is 4.90 Å². The first-order valence-corrected chi connectivity index (χ1v) is 8.40. The number of nitrogens with zero attached hydrogens (tertiary/aromatic N) is 3. The lowest BCUT2D eigenvalue weighted by Crippen LogP contribution is -2.54. The molecule has 1 aliphatic heterocycles. The zero-order valence-corrected chi connectivity index (χ0v) is 14.5. The molecule has 0 aliphatic carbocycles. The van der Waals surface area contributed by atoms with Crippen LogP contribution in [0.25, 0.3) is 0 Å². The maximum atomic E-state index is 12.6. The predicted molar refractivity (Wildman–Crippen MR) is 97.3 cm³/mol. The number of hydrogen-bond donors (Lipinski definition) is 0. The molecule has 0 bridgehead atoms. The summed E-state index contributed by atoms with van der Waals surface area (Å²) in [4.78, 5) is 26.9. The highest BCUT2D eigenvalue weighted by molar-refractivity contribution is 6.33. The van der Waals surface area contributed by atoms with Crippen LogP contribution in [0.5, 0.6) is 0 Å². The van der Waals surface area contributed by atoms with E-state index in [9.17, 15) is 14.9 Å². The fourth-order valence-corrected chi connectivity index (χ4v) is 3.38. The van der Waals surface area contributed by atoms with Crippen molar-refractivity contribution >= 4 is 28.9 Å². The van der Waals surface area contributed by atoms with Crippen LogP contribution in [0.1, 0.15) is 17.3 Å². The van der Waals surface area contributed by atoms with Crippen molar-refractivity contribution in [2.24, 2.45) is 0 Å². The summed E-state index contributed by atoms with van der Waals surface area (Å²) in [7, 11) is 0. The standard InChI is InChI=1S/C18H18ClN3O3/c1-13-12-20(17-8-7-15(22(24)25)11-16(17)19)9-10-21(13)18(23)14-5-3-2-4-6-14/h2-8,11,13H,9-10,12H2,1H3/t13-/m1/s1. The summed E-state index contributed by atoms with van der Waals surface area (Å²) in [6.07, 6.45) is 0. The first kappa shape index (κ1) is 17.2. The molecule has 0 unspecified atom stereocenters. The Morgan fingerprint density at radius 3 is 2.52 bits per heavy atom. The molecule has 0 aromatic heterocycles. The highest BCUT2D eigenvalue weighted by Gasteiger charge is 2.29. The average molecular weight is 360 g/mol. The molecule has 2 aromatic carbocycles. The SMILES string of the molecule is C[C@@H]1CN(c2ccc([N+](=O)[O-])cc2Cl)CCN1C(=O)c1ccccc1. The minimum Gasteiger partial charge on any atom is -0.366 e.